The van der Waals surface area contributed by atoms with E-state index in [4.69, 9.17) is 5.73 Å². The monoisotopic (exact) mass is 264 g/mol. The Balaban J connectivity index is 2.64. The van der Waals surface area contributed by atoms with E-state index in [0.29, 0.717) is 6.54 Å². The molecule has 0 saturated carbocycles. The van der Waals surface area contributed by atoms with Crippen molar-refractivity contribution in [1.29, 1.82) is 0 Å². The van der Waals surface area contributed by atoms with Gasteiger partial charge in [-0.3, -0.25) is 0 Å². The molecule has 0 bridgehead atoms. The van der Waals surface area contributed by atoms with Crippen LogP contribution in [0.1, 0.15) is 49.9 Å². The summed E-state index contributed by atoms with van der Waals surface area (Å²) in [6.45, 7) is 10.1. The maximum Gasteiger partial charge on any atom is 0.0539 e. The second kappa shape index (κ2) is 6.94. The van der Waals surface area contributed by atoms with Crippen LogP contribution in [0.5, 0.6) is 0 Å². The van der Waals surface area contributed by atoms with Crippen molar-refractivity contribution in [2.24, 2.45) is 5.73 Å². The Morgan fingerprint density at radius 1 is 1.39 bits per heavy atom. The minimum Gasteiger partial charge on any atom is -0.329 e. The summed E-state index contributed by atoms with van der Waals surface area (Å²) in [4.78, 5) is 2.73. The lowest BCUT2D eigenvalue weighted by Crippen LogP contribution is -2.28. The van der Waals surface area contributed by atoms with Gasteiger partial charge in [0.25, 0.3) is 0 Å². The second-order valence-corrected chi connectivity index (χ2v) is 6.49. The number of rotatable bonds is 5. The molecule has 0 fully saturated rings. The van der Waals surface area contributed by atoms with Gasteiger partial charge in [-0.1, -0.05) is 20.8 Å². The summed E-state index contributed by atoms with van der Waals surface area (Å²) < 4.78 is 0. The molecular weight excluding hydrogens is 240 g/mol. The molecule has 0 spiro atoms. The van der Waals surface area contributed by atoms with Gasteiger partial charge in [0.15, 0.2) is 0 Å². The quantitative estimate of drug-likeness (QED) is 0.633. The van der Waals surface area contributed by atoms with Crippen LogP contribution in [-0.2, 0) is 5.41 Å². The fourth-order valence-corrected chi connectivity index (χ4v) is 2.83. The highest BCUT2D eigenvalue weighted by atomic mass is 32.1. The van der Waals surface area contributed by atoms with Crippen molar-refractivity contribution in [2.75, 3.05) is 13.1 Å². The molecule has 2 nitrogen and oxygen atoms in total. The molecule has 0 amide bonds. The maximum absolute atomic E-state index is 5.85. The summed E-state index contributed by atoms with van der Waals surface area (Å²) in [5.41, 5.74) is 6.06. The van der Waals surface area contributed by atoms with Gasteiger partial charge in [0.2, 0.25) is 0 Å². The van der Waals surface area contributed by atoms with Crippen LogP contribution in [0, 0.1) is 11.8 Å². The number of thiophene rings is 1. The van der Waals surface area contributed by atoms with Gasteiger partial charge in [-0.25, -0.2) is 0 Å². The van der Waals surface area contributed by atoms with E-state index in [9.17, 15) is 0 Å². The highest BCUT2D eigenvalue weighted by Gasteiger charge is 2.18. The summed E-state index contributed by atoms with van der Waals surface area (Å²) in [5, 5.41) is 3.47. The summed E-state index contributed by atoms with van der Waals surface area (Å²) in [7, 11) is 0. The van der Waals surface area contributed by atoms with Crippen molar-refractivity contribution in [1.82, 2.24) is 5.32 Å². The maximum atomic E-state index is 5.85. The average molecular weight is 264 g/mol. The third kappa shape index (κ3) is 4.45. The van der Waals surface area contributed by atoms with Crippen LogP contribution in [0.3, 0.4) is 0 Å². The zero-order chi connectivity index (χ0) is 13.6. The number of nitrogens with one attached hydrogen (secondary N) is 1. The largest absolute Gasteiger partial charge is 0.329 e. The van der Waals surface area contributed by atoms with Crippen LogP contribution in [0.2, 0.25) is 0 Å². The fourth-order valence-electron chi connectivity index (χ4n) is 1.68. The van der Waals surface area contributed by atoms with E-state index in [0.717, 1.165) is 13.0 Å². The smallest absolute Gasteiger partial charge is 0.0539 e. The lowest BCUT2D eigenvalue weighted by Gasteiger charge is -2.17. The summed E-state index contributed by atoms with van der Waals surface area (Å²) in [5.74, 6) is 5.96. The summed E-state index contributed by atoms with van der Waals surface area (Å²) >= 11 is 1.86. The van der Waals surface area contributed by atoms with Crippen LogP contribution in [-0.4, -0.2) is 13.1 Å². The molecule has 0 aliphatic heterocycles. The molecule has 1 atom stereocenters. The van der Waals surface area contributed by atoms with Crippen LogP contribution < -0.4 is 11.1 Å². The van der Waals surface area contributed by atoms with Gasteiger partial charge in [0.05, 0.1) is 6.04 Å². The lowest BCUT2D eigenvalue weighted by atomic mass is 9.95. The van der Waals surface area contributed by atoms with E-state index < -0.39 is 0 Å². The van der Waals surface area contributed by atoms with Crippen molar-refractivity contribution in [2.45, 2.75) is 45.6 Å². The highest BCUT2D eigenvalue weighted by Crippen LogP contribution is 2.32. The second-order valence-electron chi connectivity index (χ2n) is 5.37. The molecule has 1 rings (SSSR count). The molecule has 0 aliphatic rings. The van der Waals surface area contributed by atoms with Gasteiger partial charge < -0.3 is 11.1 Å². The first-order chi connectivity index (χ1) is 8.49. The first-order valence-corrected chi connectivity index (χ1v) is 7.24. The molecule has 1 aromatic heterocycles. The third-order valence-electron chi connectivity index (χ3n) is 2.76. The first kappa shape index (κ1) is 15.2. The molecule has 3 N–H and O–H groups in total. The lowest BCUT2D eigenvalue weighted by molar-refractivity contribution is 0.558. The van der Waals surface area contributed by atoms with E-state index in [1.165, 1.54) is 9.75 Å². The molecule has 1 unspecified atom stereocenters. The minimum absolute atomic E-state index is 0.218. The van der Waals surface area contributed by atoms with Crippen molar-refractivity contribution in [3.05, 3.63) is 21.9 Å². The van der Waals surface area contributed by atoms with Gasteiger partial charge in [0.1, 0.15) is 0 Å². The van der Waals surface area contributed by atoms with E-state index in [1.807, 2.05) is 18.3 Å². The van der Waals surface area contributed by atoms with Crippen molar-refractivity contribution in [3.63, 3.8) is 0 Å². The van der Waals surface area contributed by atoms with Crippen molar-refractivity contribution < 1.29 is 0 Å². The zero-order valence-corrected chi connectivity index (χ0v) is 12.7. The van der Waals surface area contributed by atoms with Gasteiger partial charge in [-0.2, -0.15) is 0 Å². The van der Waals surface area contributed by atoms with E-state index in [-0.39, 0.29) is 11.5 Å². The third-order valence-corrected chi connectivity index (χ3v) is 4.39. The predicted molar refractivity (Wildman–Crippen MR) is 80.9 cm³/mol. The van der Waals surface area contributed by atoms with E-state index in [2.05, 4.69) is 50.1 Å². The molecular formula is C15H24N2S. The van der Waals surface area contributed by atoms with E-state index >= 15 is 0 Å². The normalized spacial score (nSPS) is 12.9. The predicted octanol–water partition coefficient (Wildman–Crippen LogP) is 3.05. The van der Waals surface area contributed by atoms with Crippen LogP contribution in [0.4, 0.5) is 0 Å². The van der Waals surface area contributed by atoms with Gasteiger partial charge >= 0.3 is 0 Å². The Morgan fingerprint density at radius 2 is 2.11 bits per heavy atom. The Morgan fingerprint density at radius 3 is 2.61 bits per heavy atom. The molecule has 0 saturated heterocycles. The Bertz CT molecular complexity index is 418. The van der Waals surface area contributed by atoms with Gasteiger partial charge in [0, 0.05) is 29.3 Å². The summed E-state index contributed by atoms with van der Waals surface area (Å²) in [6, 6.07) is 4.67. The minimum atomic E-state index is 0.218. The molecule has 1 aromatic rings. The molecule has 0 radical (unpaired) electrons. The molecule has 18 heavy (non-hydrogen) atoms. The molecule has 1 heterocycles. The zero-order valence-electron chi connectivity index (χ0n) is 11.8. The van der Waals surface area contributed by atoms with E-state index in [1.54, 1.807) is 0 Å². The number of hydrogen-bond acceptors (Lipinski definition) is 3. The molecule has 100 valence electrons. The van der Waals surface area contributed by atoms with Gasteiger partial charge in [-0.05, 0) is 24.5 Å². The fraction of sp³-hybridized carbons (Fsp3) is 0.600. The summed E-state index contributed by atoms with van der Waals surface area (Å²) in [6.07, 6.45) is 0.879. The average Bonchev–Trinajstić information content (AvgIpc) is 2.78. The van der Waals surface area contributed by atoms with Crippen LogP contribution in [0.15, 0.2) is 12.1 Å². The van der Waals surface area contributed by atoms with Crippen LogP contribution in [0.25, 0.3) is 0 Å². The standard InChI is InChI=1S/C15H24N2S/c1-5-6-7-10-17-12(11-16)13-8-9-14(18-13)15(2,3)4/h8-9,12,17H,7,10-11,16H2,1-4H3. The van der Waals surface area contributed by atoms with Gasteiger partial charge in [-0.15, -0.1) is 23.2 Å². The molecule has 0 aromatic carbocycles. The topological polar surface area (TPSA) is 38.0 Å². The Hall–Kier alpha value is -0.820. The first-order valence-electron chi connectivity index (χ1n) is 6.42. The Kier molecular flexibility index (Phi) is 5.87. The number of nitrogens with two attached hydrogens (primary N) is 1. The highest BCUT2D eigenvalue weighted by molar-refractivity contribution is 7.12. The molecule has 0 aliphatic carbocycles. The van der Waals surface area contributed by atoms with Crippen LogP contribution >= 0.6 is 11.3 Å². The molecule has 3 heteroatoms. The SMILES string of the molecule is CC#CCCNC(CN)c1ccc(C(C)(C)C)s1. The van der Waals surface area contributed by atoms with Crippen molar-refractivity contribution >= 4 is 11.3 Å². The number of hydrogen-bond donors (Lipinski definition) is 2. The Labute approximate surface area is 115 Å². The van der Waals surface area contributed by atoms with Crippen molar-refractivity contribution in [3.8, 4) is 11.8 Å².